The van der Waals surface area contributed by atoms with E-state index in [1.54, 1.807) is 0 Å². The molecule has 0 unspecified atom stereocenters. The number of benzene rings is 3. The lowest BCUT2D eigenvalue weighted by atomic mass is 9.94. The fraction of sp³-hybridized carbons (Fsp3) is 0.345. The van der Waals surface area contributed by atoms with Crippen molar-refractivity contribution in [1.82, 2.24) is 0 Å². The first-order valence-corrected chi connectivity index (χ1v) is 11.6. The van der Waals surface area contributed by atoms with Gasteiger partial charge >= 0.3 is 5.97 Å². The monoisotopic (exact) mass is 444 g/mol. The van der Waals surface area contributed by atoms with Crippen LogP contribution in [0.4, 0.5) is 0 Å². The molecule has 0 radical (unpaired) electrons. The van der Waals surface area contributed by atoms with Gasteiger partial charge < -0.3 is 14.2 Å². The Morgan fingerprint density at radius 1 is 0.879 bits per heavy atom. The van der Waals surface area contributed by atoms with Crippen LogP contribution in [0.2, 0.25) is 0 Å². The van der Waals surface area contributed by atoms with Gasteiger partial charge in [-0.1, -0.05) is 30.3 Å². The van der Waals surface area contributed by atoms with E-state index >= 15 is 0 Å². The minimum atomic E-state index is -0.193. The molecule has 0 amide bonds. The third-order valence-corrected chi connectivity index (χ3v) is 6.08. The van der Waals surface area contributed by atoms with E-state index in [4.69, 9.17) is 14.2 Å². The quantitative estimate of drug-likeness (QED) is 0.337. The number of carbonyl (C=O) groups excluding carboxylic acids is 1. The summed E-state index contributed by atoms with van der Waals surface area (Å²) in [4.78, 5) is 11.3. The van der Waals surface area contributed by atoms with Gasteiger partial charge in [-0.25, -0.2) is 0 Å². The maximum absolute atomic E-state index is 11.3. The predicted molar refractivity (Wildman–Crippen MR) is 131 cm³/mol. The second-order valence-electron chi connectivity index (χ2n) is 8.90. The molecule has 4 heteroatoms. The van der Waals surface area contributed by atoms with Crippen molar-refractivity contribution in [2.75, 3.05) is 13.7 Å². The molecule has 3 aromatic carbocycles. The molecular formula is C29H32O4. The molecule has 4 nitrogen and oxygen atoms in total. The molecule has 0 aliphatic heterocycles. The van der Waals surface area contributed by atoms with E-state index in [1.165, 1.54) is 42.2 Å². The van der Waals surface area contributed by atoms with Crippen LogP contribution in [0.5, 0.6) is 11.5 Å². The van der Waals surface area contributed by atoms with Crippen molar-refractivity contribution in [2.45, 2.75) is 46.1 Å². The van der Waals surface area contributed by atoms with Gasteiger partial charge in [0.15, 0.2) is 0 Å². The molecule has 1 aliphatic rings. The summed E-state index contributed by atoms with van der Waals surface area (Å²) in [7, 11) is 1.41. The Balaban J connectivity index is 1.39. The summed E-state index contributed by atoms with van der Waals surface area (Å²) >= 11 is 0. The van der Waals surface area contributed by atoms with Crippen molar-refractivity contribution < 1.29 is 19.0 Å². The maximum atomic E-state index is 11.3. The minimum Gasteiger partial charge on any atom is -0.493 e. The molecule has 172 valence electrons. The summed E-state index contributed by atoms with van der Waals surface area (Å²) in [5.74, 6) is 2.33. The number of hydrogen-bond acceptors (Lipinski definition) is 4. The average Bonchev–Trinajstić information content (AvgIpc) is 3.65. The van der Waals surface area contributed by atoms with Crippen molar-refractivity contribution in [3.05, 3.63) is 82.9 Å². The molecule has 1 saturated carbocycles. The summed E-state index contributed by atoms with van der Waals surface area (Å²) in [5, 5.41) is 0. The van der Waals surface area contributed by atoms with Gasteiger partial charge in [-0.3, -0.25) is 4.79 Å². The lowest BCUT2D eigenvalue weighted by Crippen LogP contribution is -2.02. The smallest absolute Gasteiger partial charge is 0.305 e. The molecule has 0 spiro atoms. The highest BCUT2D eigenvalue weighted by Gasteiger charge is 2.22. The minimum absolute atomic E-state index is 0.193. The van der Waals surface area contributed by atoms with E-state index in [0.29, 0.717) is 19.4 Å². The van der Waals surface area contributed by atoms with E-state index in [9.17, 15) is 4.79 Å². The van der Waals surface area contributed by atoms with Crippen LogP contribution in [0.15, 0.2) is 60.7 Å². The van der Waals surface area contributed by atoms with E-state index in [2.05, 4.69) is 50.2 Å². The molecule has 33 heavy (non-hydrogen) atoms. The van der Waals surface area contributed by atoms with E-state index in [1.807, 2.05) is 24.3 Å². The standard InChI is InChI=1S/C29H32O4/c1-20-15-27(33-18-23-7-8-23)16-21(2)29(20)25-6-4-5-24(17-25)19-32-26-12-9-22(10-13-26)11-14-28(30)31-3/h4-6,9-10,12-13,15-17,23H,7-8,11,14,18-19H2,1-3H3. The normalized spacial score (nSPS) is 12.9. The van der Waals surface area contributed by atoms with Crippen LogP contribution in [-0.4, -0.2) is 19.7 Å². The topological polar surface area (TPSA) is 44.8 Å². The Kier molecular flexibility index (Phi) is 7.33. The summed E-state index contributed by atoms with van der Waals surface area (Å²) in [6.07, 6.45) is 3.64. The lowest BCUT2D eigenvalue weighted by Gasteiger charge is -2.15. The molecule has 4 rings (SSSR count). The third-order valence-electron chi connectivity index (χ3n) is 6.08. The van der Waals surface area contributed by atoms with Gasteiger partial charge in [0, 0.05) is 6.42 Å². The van der Waals surface area contributed by atoms with Crippen LogP contribution >= 0.6 is 0 Å². The van der Waals surface area contributed by atoms with Crippen molar-refractivity contribution in [3.8, 4) is 22.6 Å². The highest BCUT2D eigenvalue weighted by atomic mass is 16.5. The SMILES string of the molecule is COC(=O)CCc1ccc(OCc2cccc(-c3c(C)cc(OCC4CC4)cc3C)c2)cc1. The molecule has 0 heterocycles. The molecule has 1 aliphatic carbocycles. The van der Waals surface area contributed by atoms with Crippen LogP contribution in [0.25, 0.3) is 11.1 Å². The molecule has 0 N–H and O–H groups in total. The summed E-state index contributed by atoms with van der Waals surface area (Å²) in [6, 6.07) is 20.7. The Morgan fingerprint density at radius 2 is 1.61 bits per heavy atom. The molecule has 1 fully saturated rings. The summed E-state index contributed by atoms with van der Waals surface area (Å²) < 4.78 is 16.7. The molecule has 0 saturated heterocycles. The Labute approximate surface area is 196 Å². The number of esters is 1. The van der Waals surface area contributed by atoms with Gasteiger partial charge in [-0.15, -0.1) is 0 Å². The van der Waals surface area contributed by atoms with Gasteiger partial charge in [-0.2, -0.15) is 0 Å². The van der Waals surface area contributed by atoms with Gasteiger partial charge in [0.2, 0.25) is 0 Å². The first-order valence-electron chi connectivity index (χ1n) is 11.6. The molecule has 0 bridgehead atoms. The van der Waals surface area contributed by atoms with Crippen LogP contribution in [0.1, 0.15) is 41.5 Å². The zero-order chi connectivity index (χ0) is 23.2. The van der Waals surface area contributed by atoms with Gasteiger partial charge in [0.25, 0.3) is 0 Å². The lowest BCUT2D eigenvalue weighted by molar-refractivity contribution is -0.140. The predicted octanol–water partition coefficient (Wildman–Crippen LogP) is 6.44. The van der Waals surface area contributed by atoms with Crippen molar-refractivity contribution in [2.24, 2.45) is 5.92 Å². The van der Waals surface area contributed by atoms with E-state index < -0.39 is 0 Å². The van der Waals surface area contributed by atoms with Crippen molar-refractivity contribution >= 4 is 5.97 Å². The van der Waals surface area contributed by atoms with Crippen molar-refractivity contribution in [1.29, 1.82) is 0 Å². The van der Waals surface area contributed by atoms with E-state index in [-0.39, 0.29) is 5.97 Å². The van der Waals surface area contributed by atoms with Crippen molar-refractivity contribution in [3.63, 3.8) is 0 Å². The molecular weight excluding hydrogens is 412 g/mol. The second kappa shape index (κ2) is 10.6. The van der Waals surface area contributed by atoms with E-state index in [0.717, 1.165) is 35.2 Å². The molecule has 3 aromatic rings. The summed E-state index contributed by atoms with van der Waals surface area (Å²) in [6.45, 7) is 5.63. The number of rotatable bonds is 10. The first-order chi connectivity index (χ1) is 16.0. The number of hydrogen-bond donors (Lipinski definition) is 0. The second-order valence-corrected chi connectivity index (χ2v) is 8.90. The van der Waals surface area contributed by atoms with Gasteiger partial charge in [-0.05, 0) is 103 Å². The van der Waals surface area contributed by atoms with Crippen LogP contribution in [0.3, 0.4) is 0 Å². The fourth-order valence-electron chi connectivity index (χ4n) is 4.05. The molecule has 0 atom stereocenters. The highest BCUT2D eigenvalue weighted by molar-refractivity contribution is 5.72. The Morgan fingerprint density at radius 3 is 2.27 bits per heavy atom. The number of ether oxygens (including phenoxy) is 3. The first kappa shape index (κ1) is 22.9. The number of methoxy groups -OCH3 is 1. The average molecular weight is 445 g/mol. The maximum Gasteiger partial charge on any atom is 0.305 e. The summed E-state index contributed by atoms with van der Waals surface area (Å²) in [5.41, 5.74) is 7.10. The van der Waals surface area contributed by atoms with Gasteiger partial charge in [0.05, 0.1) is 13.7 Å². The Hall–Kier alpha value is -3.27. The zero-order valence-electron chi connectivity index (χ0n) is 19.7. The number of carbonyl (C=O) groups is 1. The zero-order valence-corrected chi connectivity index (χ0v) is 19.7. The van der Waals surface area contributed by atoms with Crippen LogP contribution in [0, 0.1) is 19.8 Å². The highest BCUT2D eigenvalue weighted by Crippen LogP contribution is 2.34. The fourth-order valence-corrected chi connectivity index (χ4v) is 4.05. The largest absolute Gasteiger partial charge is 0.493 e. The Bertz CT molecular complexity index is 1070. The van der Waals surface area contributed by atoms with Gasteiger partial charge in [0.1, 0.15) is 18.1 Å². The third kappa shape index (κ3) is 6.38. The van der Waals surface area contributed by atoms with Crippen LogP contribution in [-0.2, 0) is 22.6 Å². The molecule has 0 aromatic heterocycles. The van der Waals surface area contributed by atoms with Crippen LogP contribution < -0.4 is 9.47 Å². The number of aryl methyl sites for hydroxylation is 3.